The lowest BCUT2D eigenvalue weighted by atomic mass is 10.1. The molecule has 0 bridgehead atoms. The van der Waals surface area contributed by atoms with Crippen LogP contribution in [0.5, 0.6) is 11.5 Å². The lowest BCUT2D eigenvalue weighted by molar-refractivity contribution is 0.102. The second kappa shape index (κ2) is 7.34. The van der Waals surface area contributed by atoms with E-state index in [2.05, 4.69) is 15.3 Å². The van der Waals surface area contributed by atoms with Crippen LogP contribution in [0.1, 0.15) is 9.80 Å². The number of hydrogen-bond acceptors (Lipinski definition) is 7. The van der Waals surface area contributed by atoms with Crippen molar-refractivity contribution >= 4 is 43.9 Å². The van der Waals surface area contributed by atoms with E-state index >= 15 is 0 Å². The van der Waals surface area contributed by atoms with E-state index in [1.165, 1.54) is 22.7 Å². The average Bonchev–Trinajstić information content (AvgIpc) is 3.34. The number of benzene rings is 2. The molecule has 0 saturated carbocycles. The minimum atomic E-state index is -0.265. The van der Waals surface area contributed by atoms with Gasteiger partial charge in [0.1, 0.15) is 11.5 Å². The largest absolute Gasteiger partial charge is 0.497 e. The molecule has 27 heavy (non-hydrogen) atoms. The van der Waals surface area contributed by atoms with Crippen molar-refractivity contribution < 1.29 is 14.3 Å². The van der Waals surface area contributed by atoms with Crippen LogP contribution in [0.15, 0.2) is 47.8 Å². The summed E-state index contributed by atoms with van der Waals surface area (Å²) in [7, 11) is 3.20. The maximum atomic E-state index is 12.5. The third kappa shape index (κ3) is 3.49. The van der Waals surface area contributed by atoms with E-state index in [0.717, 1.165) is 21.5 Å². The van der Waals surface area contributed by atoms with Crippen LogP contribution in [0.4, 0.5) is 5.13 Å². The first-order chi connectivity index (χ1) is 13.2. The van der Waals surface area contributed by atoms with Gasteiger partial charge in [0.15, 0.2) is 10.1 Å². The zero-order valence-corrected chi connectivity index (χ0v) is 16.2. The van der Waals surface area contributed by atoms with Crippen LogP contribution >= 0.6 is 22.7 Å². The number of rotatable bonds is 5. The van der Waals surface area contributed by atoms with Crippen LogP contribution in [-0.4, -0.2) is 30.1 Å². The van der Waals surface area contributed by atoms with Gasteiger partial charge in [-0.3, -0.25) is 10.1 Å². The Bertz CT molecular complexity index is 1090. The van der Waals surface area contributed by atoms with Crippen molar-refractivity contribution in [3.05, 3.63) is 52.9 Å². The summed E-state index contributed by atoms with van der Waals surface area (Å²) < 4.78 is 11.6. The molecule has 6 nitrogen and oxygen atoms in total. The van der Waals surface area contributed by atoms with Crippen molar-refractivity contribution in [2.45, 2.75) is 0 Å². The van der Waals surface area contributed by atoms with Gasteiger partial charge in [-0.25, -0.2) is 9.97 Å². The molecule has 2 aromatic heterocycles. The number of hydrogen-bond donors (Lipinski definition) is 1. The van der Waals surface area contributed by atoms with Gasteiger partial charge >= 0.3 is 0 Å². The van der Waals surface area contributed by atoms with Gasteiger partial charge < -0.3 is 9.47 Å². The van der Waals surface area contributed by atoms with Gasteiger partial charge in [-0.1, -0.05) is 12.1 Å². The summed E-state index contributed by atoms with van der Waals surface area (Å²) in [5.41, 5.74) is 2.37. The summed E-state index contributed by atoms with van der Waals surface area (Å²) in [6.07, 6.45) is 0. The van der Waals surface area contributed by atoms with Gasteiger partial charge in [0.25, 0.3) is 5.91 Å². The van der Waals surface area contributed by atoms with Gasteiger partial charge in [0.2, 0.25) is 0 Å². The zero-order chi connectivity index (χ0) is 18.8. The highest BCUT2D eigenvalue weighted by atomic mass is 32.1. The number of nitrogens with one attached hydrogen (secondary N) is 1. The Balaban J connectivity index is 1.57. The van der Waals surface area contributed by atoms with Crippen LogP contribution in [0.25, 0.3) is 21.5 Å². The highest BCUT2D eigenvalue weighted by molar-refractivity contribution is 7.20. The fourth-order valence-corrected chi connectivity index (χ4v) is 4.15. The number of carbonyl (C=O) groups excluding carboxylic acids is 1. The summed E-state index contributed by atoms with van der Waals surface area (Å²) in [6, 6.07) is 13.2. The van der Waals surface area contributed by atoms with E-state index in [1.54, 1.807) is 20.3 Å². The highest BCUT2D eigenvalue weighted by Crippen LogP contribution is 2.35. The van der Waals surface area contributed by atoms with E-state index < -0.39 is 0 Å². The Labute approximate surface area is 163 Å². The quantitative estimate of drug-likeness (QED) is 0.529. The summed E-state index contributed by atoms with van der Waals surface area (Å²) in [5, 5.41) is 5.61. The third-order valence-corrected chi connectivity index (χ3v) is 5.69. The number of ether oxygens (including phenoxy) is 2. The molecule has 4 aromatic rings. The van der Waals surface area contributed by atoms with Gasteiger partial charge in [0, 0.05) is 17.0 Å². The summed E-state index contributed by atoms with van der Waals surface area (Å²) in [4.78, 5) is 21.4. The van der Waals surface area contributed by atoms with Crippen molar-refractivity contribution in [2.24, 2.45) is 0 Å². The van der Waals surface area contributed by atoms with Gasteiger partial charge in [-0.05, 0) is 24.3 Å². The molecule has 2 heterocycles. The molecule has 0 unspecified atom stereocenters. The first-order valence-electron chi connectivity index (χ1n) is 8.03. The molecule has 0 radical (unpaired) electrons. The van der Waals surface area contributed by atoms with E-state index in [4.69, 9.17) is 9.47 Å². The monoisotopic (exact) mass is 397 g/mol. The number of amides is 1. The second-order valence-corrected chi connectivity index (χ2v) is 7.43. The number of carbonyl (C=O) groups is 1. The second-order valence-electron chi connectivity index (χ2n) is 5.54. The minimum absolute atomic E-state index is 0.265. The van der Waals surface area contributed by atoms with Crippen LogP contribution in [0, 0.1) is 0 Å². The maximum absolute atomic E-state index is 12.5. The number of methoxy groups -OCH3 is 2. The summed E-state index contributed by atoms with van der Waals surface area (Å²) in [6.45, 7) is 0. The fraction of sp³-hybridized carbons (Fsp3) is 0.105. The van der Waals surface area contributed by atoms with E-state index in [-0.39, 0.29) is 5.91 Å². The Morgan fingerprint density at radius 3 is 2.70 bits per heavy atom. The number of aromatic nitrogens is 2. The van der Waals surface area contributed by atoms with Gasteiger partial charge in [-0.15, -0.1) is 22.7 Å². The smallest absolute Gasteiger partial charge is 0.286 e. The predicted octanol–water partition coefficient (Wildman–Crippen LogP) is 4.69. The summed E-state index contributed by atoms with van der Waals surface area (Å²) >= 11 is 2.71. The Morgan fingerprint density at radius 2 is 1.93 bits per heavy atom. The van der Waals surface area contributed by atoms with Crippen molar-refractivity contribution in [1.82, 2.24) is 9.97 Å². The topological polar surface area (TPSA) is 73.3 Å². The molecule has 1 N–H and O–H groups in total. The SMILES string of the molecule is COc1ccc(-c2csc(NC(=O)c3nc4ccccc4s3)n2)c(OC)c1. The molecule has 2 aromatic carbocycles. The van der Waals surface area contributed by atoms with Crippen LogP contribution in [0.2, 0.25) is 0 Å². The molecule has 0 atom stereocenters. The average molecular weight is 397 g/mol. The molecule has 0 aliphatic rings. The van der Waals surface area contributed by atoms with Crippen molar-refractivity contribution in [3.8, 4) is 22.8 Å². The molecular formula is C19H15N3O3S2. The normalized spacial score (nSPS) is 10.7. The zero-order valence-electron chi connectivity index (χ0n) is 14.6. The standard InChI is InChI=1S/C19H15N3O3S2/c1-24-11-7-8-12(15(9-11)25-2)14-10-26-19(21-14)22-17(23)18-20-13-5-3-4-6-16(13)27-18/h3-10H,1-2H3,(H,21,22,23). The molecule has 0 aliphatic heterocycles. The first kappa shape index (κ1) is 17.4. The van der Waals surface area contributed by atoms with Crippen LogP contribution in [0.3, 0.4) is 0 Å². The molecule has 0 saturated heterocycles. The van der Waals surface area contributed by atoms with E-state index in [9.17, 15) is 4.79 Å². The Kier molecular flexibility index (Phi) is 4.74. The first-order valence-corrected chi connectivity index (χ1v) is 9.72. The molecule has 0 fully saturated rings. The lowest BCUT2D eigenvalue weighted by Crippen LogP contribution is -2.11. The minimum Gasteiger partial charge on any atom is -0.497 e. The fourth-order valence-electron chi connectivity index (χ4n) is 2.58. The Morgan fingerprint density at radius 1 is 1.07 bits per heavy atom. The molecule has 136 valence electrons. The molecule has 1 amide bonds. The number of para-hydroxylation sites is 1. The molecular weight excluding hydrogens is 382 g/mol. The van der Waals surface area contributed by atoms with Crippen LogP contribution < -0.4 is 14.8 Å². The number of nitrogens with zero attached hydrogens (tertiary/aromatic N) is 2. The summed E-state index contributed by atoms with van der Waals surface area (Å²) in [5.74, 6) is 1.10. The predicted molar refractivity (Wildman–Crippen MR) is 108 cm³/mol. The van der Waals surface area contributed by atoms with Gasteiger partial charge in [0.05, 0.1) is 30.1 Å². The van der Waals surface area contributed by atoms with E-state index in [0.29, 0.717) is 21.6 Å². The molecule has 0 spiro atoms. The molecule has 4 rings (SSSR count). The number of fused-ring (bicyclic) bond motifs is 1. The number of anilines is 1. The maximum Gasteiger partial charge on any atom is 0.286 e. The molecule has 0 aliphatic carbocycles. The number of thiazole rings is 2. The van der Waals surface area contributed by atoms with E-state index in [1.807, 2.05) is 41.8 Å². The highest BCUT2D eigenvalue weighted by Gasteiger charge is 2.16. The van der Waals surface area contributed by atoms with Crippen molar-refractivity contribution in [2.75, 3.05) is 19.5 Å². The van der Waals surface area contributed by atoms with Gasteiger partial charge in [-0.2, -0.15) is 0 Å². The van der Waals surface area contributed by atoms with Crippen LogP contribution in [-0.2, 0) is 0 Å². The van der Waals surface area contributed by atoms with Crippen molar-refractivity contribution in [3.63, 3.8) is 0 Å². The molecule has 8 heteroatoms. The lowest BCUT2D eigenvalue weighted by Gasteiger charge is -2.08. The van der Waals surface area contributed by atoms with Crippen molar-refractivity contribution in [1.29, 1.82) is 0 Å². The third-order valence-electron chi connectivity index (χ3n) is 3.90. The Hall–Kier alpha value is -2.97.